The van der Waals surface area contributed by atoms with E-state index in [2.05, 4.69) is 26.4 Å². The topological polar surface area (TPSA) is 77.1 Å². The van der Waals surface area contributed by atoms with Crippen LogP contribution in [-0.4, -0.2) is 15.6 Å². The monoisotopic (exact) mass is 367 g/mol. The average Bonchev–Trinajstić information content (AvgIpc) is 2.77. The van der Waals surface area contributed by atoms with Crippen LogP contribution in [0.4, 0.5) is 5.69 Å². The molecule has 0 aliphatic heterocycles. The van der Waals surface area contributed by atoms with Gasteiger partial charge < -0.3 is 14.4 Å². The lowest BCUT2D eigenvalue weighted by Crippen LogP contribution is -2.27. The van der Waals surface area contributed by atoms with Gasteiger partial charge >= 0.3 is 0 Å². The predicted molar refractivity (Wildman–Crippen MR) is 87.0 cm³/mol. The number of rotatable bonds is 4. The fourth-order valence-corrected chi connectivity index (χ4v) is 3.02. The molecule has 0 spiro atoms. The Labute approximate surface area is 136 Å². The number of halogens is 1. The Morgan fingerprint density at radius 2 is 2.18 bits per heavy atom. The van der Waals surface area contributed by atoms with Crippen molar-refractivity contribution in [2.75, 3.05) is 5.32 Å². The molecule has 2 heterocycles. The minimum atomic E-state index is -0.407. The van der Waals surface area contributed by atoms with E-state index in [-0.39, 0.29) is 17.2 Å². The highest BCUT2D eigenvalue weighted by atomic mass is 79.9. The molecule has 1 atom stereocenters. The molecule has 0 saturated carbocycles. The number of nitrogens with zero attached hydrogens (tertiary/aromatic N) is 2. The van der Waals surface area contributed by atoms with Gasteiger partial charge in [0, 0.05) is 23.3 Å². The van der Waals surface area contributed by atoms with Gasteiger partial charge in [-0.25, -0.2) is 0 Å². The first-order chi connectivity index (χ1) is 10.3. The zero-order valence-electron chi connectivity index (χ0n) is 12.9. The van der Waals surface area contributed by atoms with Crippen LogP contribution in [0.1, 0.15) is 36.3 Å². The Kier molecular flexibility index (Phi) is 4.85. The number of hydrogen-bond donors (Lipinski definition) is 1. The van der Waals surface area contributed by atoms with Gasteiger partial charge in [-0.1, -0.05) is 12.1 Å². The van der Waals surface area contributed by atoms with Gasteiger partial charge in [0.05, 0.1) is 11.6 Å². The van der Waals surface area contributed by atoms with Crippen molar-refractivity contribution < 1.29 is 9.32 Å². The maximum Gasteiger partial charge on any atom is 0.274 e. The van der Waals surface area contributed by atoms with E-state index in [9.17, 15) is 9.59 Å². The molecule has 1 N–H and O–H groups in total. The van der Waals surface area contributed by atoms with E-state index in [1.807, 2.05) is 6.92 Å². The fraction of sp³-hybridized carbons (Fsp3) is 0.400. The van der Waals surface area contributed by atoms with Crippen molar-refractivity contribution in [2.45, 2.75) is 33.1 Å². The Balaban J connectivity index is 2.34. The molecular weight excluding hydrogens is 350 g/mol. The molecule has 0 fully saturated rings. The first kappa shape index (κ1) is 16.5. The number of pyridine rings is 1. The maximum absolute atomic E-state index is 12.6. The predicted octanol–water partition coefficient (Wildman–Crippen LogP) is 2.88. The number of anilines is 1. The van der Waals surface area contributed by atoms with Crippen molar-refractivity contribution in [3.05, 3.63) is 44.1 Å². The number of carbonyl (C=O) groups excluding carboxylic acids is 1. The van der Waals surface area contributed by atoms with Gasteiger partial charge in [-0.15, -0.1) is 0 Å². The second-order valence-electron chi connectivity index (χ2n) is 5.18. The van der Waals surface area contributed by atoms with Crippen molar-refractivity contribution in [3.63, 3.8) is 0 Å². The van der Waals surface area contributed by atoms with Gasteiger partial charge in [-0.3, -0.25) is 9.59 Å². The lowest BCUT2D eigenvalue weighted by atomic mass is 9.94. The molecule has 0 bridgehead atoms. The summed E-state index contributed by atoms with van der Waals surface area (Å²) < 4.78 is 7.27. The summed E-state index contributed by atoms with van der Waals surface area (Å²) in [6.45, 7) is 5.50. The highest BCUT2D eigenvalue weighted by molar-refractivity contribution is 9.10. The summed E-state index contributed by atoms with van der Waals surface area (Å²) in [5.74, 6) is -0.0244. The highest BCUT2D eigenvalue weighted by Crippen LogP contribution is 2.27. The number of carbonyl (C=O) groups is 1. The van der Waals surface area contributed by atoms with Gasteiger partial charge in [0.2, 0.25) is 5.91 Å². The number of nitrogens with one attached hydrogen (secondary N) is 1. The maximum atomic E-state index is 12.6. The average molecular weight is 368 g/mol. The van der Waals surface area contributed by atoms with Crippen LogP contribution in [0.25, 0.3) is 0 Å². The highest BCUT2D eigenvalue weighted by Gasteiger charge is 2.26. The van der Waals surface area contributed by atoms with E-state index in [0.717, 1.165) is 10.0 Å². The molecule has 1 unspecified atom stereocenters. The molecule has 2 rings (SSSR count). The van der Waals surface area contributed by atoms with E-state index in [1.54, 1.807) is 33.2 Å². The molecule has 22 heavy (non-hydrogen) atoms. The lowest BCUT2D eigenvalue weighted by Gasteiger charge is -2.15. The Morgan fingerprint density at radius 3 is 2.73 bits per heavy atom. The van der Waals surface area contributed by atoms with Gasteiger partial charge in [-0.05, 0) is 42.3 Å². The van der Waals surface area contributed by atoms with Gasteiger partial charge in [0.15, 0.2) is 0 Å². The molecule has 118 valence electrons. The summed E-state index contributed by atoms with van der Waals surface area (Å²) in [6, 6.07) is 1.60. The molecular formula is C15H18BrN3O3. The summed E-state index contributed by atoms with van der Waals surface area (Å²) in [6.07, 6.45) is 2.23. The number of aromatic nitrogens is 2. The van der Waals surface area contributed by atoms with Crippen LogP contribution in [0.15, 0.2) is 26.1 Å². The van der Waals surface area contributed by atoms with Crippen molar-refractivity contribution in [1.82, 2.24) is 9.72 Å². The molecule has 0 aromatic carbocycles. The molecule has 0 saturated heterocycles. The number of amides is 1. The summed E-state index contributed by atoms with van der Waals surface area (Å²) in [5.41, 5.74) is 1.46. The Morgan fingerprint density at radius 1 is 1.50 bits per heavy atom. The van der Waals surface area contributed by atoms with Crippen molar-refractivity contribution in [3.8, 4) is 0 Å². The first-order valence-corrected chi connectivity index (χ1v) is 7.74. The lowest BCUT2D eigenvalue weighted by molar-refractivity contribution is -0.117. The largest absolute Gasteiger partial charge is 0.361 e. The minimum absolute atomic E-state index is 0.243. The van der Waals surface area contributed by atoms with Crippen LogP contribution < -0.4 is 10.9 Å². The molecule has 2 aromatic heterocycles. The quantitative estimate of drug-likeness (QED) is 0.900. The molecule has 6 nitrogen and oxygen atoms in total. The normalized spacial score (nSPS) is 12.2. The molecule has 0 aliphatic rings. The molecule has 1 amide bonds. The number of hydrogen-bond acceptors (Lipinski definition) is 4. The second kappa shape index (κ2) is 6.48. The van der Waals surface area contributed by atoms with E-state index in [0.29, 0.717) is 17.9 Å². The third-order valence-electron chi connectivity index (χ3n) is 3.57. The van der Waals surface area contributed by atoms with E-state index in [4.69, 9.17) is 4.52 Å². The van der Waals surface area contributed by atoms with Crippen molar-refractivity contribution in [1.29, 1.82) is 0 Å². The van der Waals surface area contributed by atoms with E-state index >= 15 is 0 Å². The summed E-state index contributed by atoms with van der Waals surface area (Å²) >= 11 is 3.32. The van der Waals surface area contributed by atoms with Crippen LogP contribution in [0.5, 0.6) is 0 Å². The Bertz CT molecular complexity index is 744. The first-order valence-electron chi connectivity index (χ1n) is 6.95. The van der Waals surface area contributed by atoms with Gasteiger partial charge in [0.25, 0.3) is 5.56 Å². The Hall–Kier alpha value is -1.89. The zero-order valence-corrected chi connectivity index (χ0v) is 14.5. The van der Waals surface area contributed by atoms with Crippen LogP contribution in [-0.2, 0) is 11.8 Å². The summed E-state index contributed by atoms with van der Waals surface area (Å²) in [7, 11) is 1.63. The smallest absolute Gasteiger partial charge is 0.274 e. The van der Waals surface area contributed by atoms with Gasteiger partial charge in [-0.2, -0.15) is 0 Å². The SMILES string of the molecule is CCC(C(=O)Nc1cc(Br)cn(C)c1=O)c1c(C)noc1C. The summed E-state index contributed by atoms with van der Waals surface area (Å²) in [5, 5.41) is 6.61. The van der Waals surface area contributed by atoms with Crippen LogP contribution in [0.2, 0.25) is 0 Å². The van der Waals surface area contributed by atoms with Crippen LogP contribution >= 0.6 is 15.9 Å². The fourth-order valence-electron chi connectivity index (χ4n) is 2.49. The molecule has 0 aliphatic carbocycles. The third-order valence-corrected chi connectivity index (χ3v) is 4.00. The van der Waals surface area contributed by atoms with E-state index < -0.39 is 5.92 Å². The molecule has 0 radical (unpaired) electrons. The van der Waals surface area contributed by atoms with Crippen LogP contribution in [0, 0.1) is 13.8 Å². The van der Waals surface area contributed by atoms with Crippen LogP contribution in [0.3, 0.4) is 0 Å². The molecule has 2 aromatic rings. The molecule has 7 heteroatoms. The summed E-state index contributed by atoms with van der Waals surface area (Å²) in [4.78, 5) is 24.7. The standard InChI is InChI=1S/C15H18BrN3O3/c1-5-11(13-8(2)18-22-9(13)3)14(20)17-12-6-10(16)7-19(4)15(12)21/h6-7,11H,5H2,1-4H3,(H,17,20). The third kappa shape index (κ3) is 3.14. The zero-order chi connectivity index (χ0) is 16.4. The minimum Gasteiger partial charge on any atom is -0.361 e. The van der Waals surface area contributed by atoms with Crippen molar-refractivity contribution >= 4 is 27.5 Å². The second-order valence-corrected chi connectivity index (χ2v) is 6.09. The van der Waals surface area contributed by atoms with Crippen molar-refractivity contribution in [2.24, 2.45) is 7.05 Å². The van der Waals surface area contributed by atoms with Gasteiger partial charge in [0.1, 0.15) is 11.4 Å². The number of aryl methyl sites for hydroxylation is 3. The van der Waals surface area contributed by atoms with E-state index in [1.165, 1.54) is 4.57 Å².